The Morgan fingerprint density at radius 2 is 2.41 bits per heavy atom. The van der Waals surface area contributed by atoms with E-state index in [4.69, 9.17) is 0 Å². The summed E-state index contributed by atoms with van der Waals surface area (Å²) in [6, 6.07) is 0. The Kier molecular flexibility index (Phi) is 2.97. The number of fused-ring (bicyclic) bond motifs is 1. The van der Waals surface area contributed by atoms with Gasteiger partial charge in [-0.25, -0.2) is 4.98 Å². The van der Waals surface area contributed by atoms with Gasteiger partial charge in [-0.05, 0) is 25.2 Å². The van der Waals surface area contributed by atoms with Crippen molar-refractivity contribution in [2.75, 3.05) is 0 Å². The van der Waals surface area contributed by atoms with E-state index in [1.165, 1.54) is 12.8 Å². The summed E-state index contributed by atoms with van der Waals surface area (Å²) in [7, 11) is 0. The molecule has 4 heteroatoms. The van der Waals surface area contributed by atoms with E-state index in [1.54, 1.807) is 11.3 Å². The van der Waals surface area contributed by atoms with E-state index in [0.717, 1.165) is 36.3 Å². The number of thiazole rings is 1. The first kappa shape index (κ1) is 11.0. The van der Waals surface area contributed by atoms with Crippen LogP contribution in [0.5, 0.6) is 0 Å². The lowest BCUT2D eigenvalue weighted by molar-refractivity contribution is -0.119. The summed E-state index contributed by atoms with van der Waals surface area (Å²) in [5.74, 6) is 0.947. The molecule has 2 aromatic rings. The standard InChI is InChI=1S/C13H16N2OS/c16-12-4-2-1-3-10(8-12)7-11-9-15-5-6-17-13(15)14-11/h5-6,9-10H,1-4,7-8H2. The number of Topliss-reactive ketones (excluding diaryl/α,β-unsaturated/α-hetero) is 1. The Morgan fingerprint density at radius 1 is 1.47 bits per heavy atom. The minimum Gasteiger partial charge on any atom is -0.300 e. The summed E-state index contributed by atoms with van der Waals surface area (Å²) in [4.78, 5) is 17.2. The first-order valence-electron chi connectivity index (χ1n) is 6.24. The number of hydrogen-bond donors (Lipinski definition) is 0. The minimum atomic E-state index is 0.438. The third-order valence-corrected chi connectivity index (χ3v) is 4.25. The minimum absolute atomic E-state index is 0.438. The zero-order chi connectivity index (χ0) is 11.7. The van der Waals surface area contributed by atoms with Crippen LogP contribution in [-0.4, -0.2) is 15.2 Å². The molecule has 0 bridgehead atoms. The topological polar surface area (TPSA) is 34.4 Å². The molecule has 1 fully saturated rings. The molecule has 0 N–H and O–H groups in total. The molecule has 2 aromatic heterocycles. The van der Waals surface area contributed by atoms with Crippen molar-refractivity contribution in [3.8, 4) is 0 Å². The van der Waals surface area contributed by atoms with Crippen LogP contribution in [0.4, 0.5) is 0 Å². The van der Waals surface area contributed by atoms with Crippen molar-refractivity contribution < 1.29 is 4.79 Å². The highest BCUT2D eigenvalue weighted by Crippen LogP contribution is 2.24. The molecule has 0 spiro atoms. The average Bonchev–Trinajstić information content (AvgIpc) is 2.78. The highest BCUT2D eigenvalue weighted by Gasteiger charge is 2.19. The van der Waals surface area contributed by atoms with Crippen molar-refractivity contribution in [1.82, 2.24) is 9.38 Å². The molecule has 0 saturated heterocycles. The zero-order valence-electron chi connectivity index (χ0n) is 9.76. The predicted octanol–water partition coefficient (Wildman–Crippen LogP) is 3.09. The van der Waals surface area contributed by atoms with Crippen molar-refractivity contribution in [1.29, 1.82) is 0 Å². The quantitative estimate of drug-likeness (QED) is 0.765. The molecule has 1 aliphatic carbocycles. The number of hydrogen-bond acceptors (Lipinski definition) is 3. The fourth-order valence-electron chi connectivity index (χ4n) is 2.63. The van der Waals surface area contributed by atoms with E-state index in [9.17, 15) is 4.79 Å². The van der Waals surface area contributed by atoms with Crippen LogP contribution in [0.15, 0.2) is 17.8 Å². The molecule has 1 saturated carbocycles. The van der Waals surface area contributed by atoms with Crippen LogP contribution >= 0.6 is 11.3 Å². The number of nitrogens with zero attached hydrogens (tertiary/aromatic N) is 2. The first-order chi connectivity index (χ1) is 8.31. The lowest BCUT2D eigenvalue weighted by Gasteiger charge is -2.10. The number of aromatic nitrogens is 2. The molecule has 1 aliphatic rings. The van der Waals surface area contributed by atoms with Gasteiger partial charge in [0.2, 0.25) is 0 Å². The van der Waals surface area contributed by atoms with Crippen molar-refractivity contribution in [2.45, 2.75) is 38.5 Å². The molecule has 0 radical (unpaired) electrons. The number of carbonyl (C=O) groups excluding carboxylic acids is 1. The Balaban J connectivity index is 1.73. The second-order valence-corrected chi connectivity index (χ2v) is 5.76. The predicted molar refractivity (Wildman–Crippen MR) is 68.4 cm³/mol. The van der Waals surface area contributed by atoms with Crippen LogP contribution < -0.4 is 0 Å². The van der Waals surface area contributed by atoms with Crippen LogP contribution in [0.1, 0.15) is 37.8 Å². The maximum Gasteiger partial charge on any atom is 0.193 e. The van der Waals surface area contributed by atoms with Gasteiger partial charge in [0.15, 0.2) is 4.96 Å². The van der Waals surface area contributed by atoms with Gasteiger partial charge in [0.1, 0.15) is 5.78 Å². The fourth-order valence-corrected chi connectivity index (χ4v) is 3.34. The first-order valence-corrected chi connectivity index (χ1v) is 7.12. The van der Waals surface area contributed by atoms with Gasteiger partial charge in [0.25, 0.3) is 0 Å². The molecule has 0 aromatic carbocycles. The molecular weight excluding hydrogens is 232 g/mol. The maximum atomic E-state index is 11.6. The number of imidazole rings is 1. The van der Waals surface area contributed by atoms with Crippen LogP contribution in [0, 0.1) is 5.92 Å². The van der Waals surface area contributed by atoms with Gasteiger partial charge < -0.3 is 0 Å². The molecule has 2 heterocycles. The van der Waals surface area contributed by atoms with Crippen molar-refractivity contribution >= 4 is 22.1 Å². The second-order valence-electron chi connectivity index (χ2n) is 4.88. The summed E-state index contributed by atoms with van der Waals surface area (Å²) >= 11 is 1.66. The number of ketones is 1. The summed E-state index contributed by atoms with van der Waals surface area (Å²) in [6.45, 7) is 0. The third kappa shape index (κ3) is 2.41. The molecule has 0 amide bonds. The van der Waals surface area contributed by atoms with E-state index in [0.29, 0.717) is 11.7 Å². The van der Waals surface area contributed by atoms with Gasteiger partial charge in [-0.2, -0.15) is 0 Å². The molecule has 1 unspecified atom stereocenters. The Labute approximate surface area is 104 Å². The SMILES string of the molecule is O=C1CCCCC(Cc2cn3ccsc3n2)C1. The Bertz CT molecular complexity index is 500. The van der Waals surface area contributed by atoms with Crippen LogP contribution in [0.3, 0.4) is 0 Å². The van der Waals surface area contributed by atoms with Gasteiger partial charge in [-0.1, -0.05) is 6.42 Å². The molecule has 1 atom stereocenters. The van der Waals surface area contributed by atoms with Gasteiger partial charge >= 0.3 is 0 Å². The van der Waals surface area contributed by atoms with Gasteiger partial charge in [0, 0.05) is 30.6 Å². The molecule has 3 nitrogen and oxygen atoms in total. The van der Waals surface area contributed by atoms with E-state index >= 15 is 0 Å². The number of rotatable bonds is 2. The largest absolute Gasteiger partial charge is 0.300 e. The highest BCUT2D eigenvalue weighted by atomic mass is 32.1. The summed E-state index contributed by atoms with van der Waals surface area (Å²) in [5.41, 5.74) is 1.14. The highest BCUT2D eigenvalue weighted by molar-refractivity contribution is 7.15. The van der Waals surface area contributed by atoms with E-state index in [-0.39, 0.29) is 0 Å². The molecular formula is C13H16N2OS. The monoisotopic (exact) mass is 248 g/mol. The summed E-state index contributed by atoms with van der Waals surface area (Å²) in [5, 5.41) is 2.04. The summed E-state index contributed by atoms with van der Waals surface area (Å²) in [6.07, 6.45) is 10.1. The Morgan fingerprint density at radius 3 is 3.29 bits per heavy atom. The lowest BCUT2D eigenvalue weighted by atomic mass is 9.95. The van der Waals surface area contributed by atoms with Crippen LogP contribution in [-0.2, 0) is 11.2 Å². The lowest BCUT2D eigenvalue weighted by Crippen LogP contribution is -2.08. The average molecular weight is 248 g/mol. The van der Waals surface area contributed by atoms with Crippen molar-refractivity contribution in [3.05, 3.63) is 23.5 Å². The zero-order valence-corrected chi connectivity index (χ0v) is 10.6. The fraction of sp³-hybridized carbons (Fsp3) is 0.538. The van der Waals surface area contributed by atoms with Crippen LogP contribution in [0.2, 0.25) is 0 Å². The third-order valence-electron chi connectivity index (χ3n) is 3.48. The molecule has 17 heavy (non-hydrogen) atoms. The number of carbonyl (C=O) groups is 1. The molecule has 3 rings (SSSR count). The van der Waals surface area contributed by atoms with E-state index in [1.807, 2.05) is 11.6 Å². The van der Waals surface area contributed by atoms with Gasteiger partial charge in [-0.3, -0.25) is 9.20 Å². The molecule has 90 valence electrons. The smallest absolute Gasteiger partial charge is 0.193 e. The molecule has 0 aliphatic heterocycles. The van der Waals surface area contributed by atoms with Crippen molar-refractivity contribution in [2.24, 2.45) is 5.92 Å². The van der Waals surface area contributed by atoms with Gasteiger partial charge in [0.05, 0.1) is 5.69 Å². The van der Waals surface area contributed by atoms with E-state index < -0.39 is 0 Å². The Hall–Kier alpha value is -1.16. The van der Waals surface area contributed by atoms with Crippen LogP contribution in [0.25, 0.3) is 4.96 Å². The van der Waals surface area contributed by atoms with Crippen molar-refractivity contribution in [3.63, 3.8) is 0 Å². The summed E-state index contributed by atoms with van der Waals surface area (Å²) < 4.78 is 2.07. The normalized spacial score (nSPS) is 21.9. The van der Waals surface area contributed by atoms with Gasteiger partial charge in [-0.15, -0.1) is 11.3 Å². The second kappa shape index (κ2) is 4.61. The maximum absolute atomic E-state index is 11.6. The van der Waals surface area contributed by atoms with E-state index in [2.05, 4.69) is 15.6 Å².